The maximum Gasteiger partial charge on any atom is 0.150 e. The van der Waals surface area contributed by atoms with Gasteiger partial charge in [0.2, 0.25) is 0 Å². The van der Waals surface area contributed by atoms with Gasteiger partial charge in [-0.25, -0.2) is 0 Å². The molecule has 0 aliphatic heterocycles. The number of hydrogen-bond acceptors (Lipinski definition) is 3. The van der Waals surface area contributed by atoms with Gasteiger partial charge in [-0.2, -0.15) is 5.10 Å². The first kappa shape index (κ1) is 8.55. The molecular weight excluding hydrogens is 154 g/mol. The minimum Gasteiger partial charge on any atom is -0.392 e. The molecule has 1 rings (SSSR count). The van der Waals surface area contributed by atoms with Crippen molar-refractivity contribution in [3.05, 3.63) is 35.4 Å². The topological polar surface area (TPSA) is 84.6 Å². The van der Waals surface area contributed by atoms with Crippen molar-refractivity contribution in [2.24, 2.45) is 16.7 Å². The zero-order chi connectivity index (χ0) is 8.97. The van der Waals surface area contributed by atoms with Crippen LogP contribution in [0.15, 0.2) is 29.4 Å². The normalized spacial score (nSPS) is 11.6. The molecule has 1 aromatic rings. The van der Waals surface area contributed by atoms with Crippen molar-refractivity contribution in [3.8, 4) is 0 Å². The molecule has 0 radical (unpaired) electrons. The Kier molecular flexibility index (Phi) is 2.66. The maximum atomic E-state index is 8.80. The largest absolute Gasteiger partial charge is 0.392 e. The van der Waals surface area contributed by atoms with Gasteiger partial charge in [-0.3, -0.25) is 0 Å². The molecular formula is C8H11N3O. The van der Waals surface area contributed by atoms with Crippen LogP contribution in [0.3, 0.4) is 0 Å². The van der Waals surface area contributed by atoms with Crippen LogP contribution in [0.5, 0.6) is 0 Å². The first-order chi connectivity index (χ1) is 5.77. The number of amidine groups is 1. The van der Waals surface area contributed by atoms with Crippen LogP contribution in [0, 0.1) is 0 Å². The average Bonchev–Trinajstić information content (AvgIpc) is 2.17. The van der Waals surface area contributed by atoms with Crippen LogP contribution < -0.4 is 11.6 Å². The fourth-order valence-corrected chi connectivity index (χ4v) is 0.904. The lowest BCUT2D eigenvalue weighted by Crippen LogP contribution is -2.15. The Balaban J connectivity index is 3.02. The Morgan fingerprint density at radius 3 is 2.83 bits per heavy atom. The molecule has 0 heterocycles. The van der Waals surface area contributed by atoms with Gasteiger partial charge in [0.25, 0.3) is 0 Å². The standard InChI is InChI=1S/C8H11N3O/c9-8(11-10)7-3-1-2-6(4-7)5-12/h1-4,12H,5,10H2,(H2,9,11). The van der Waals surface area contributed by atoms with E-state index in [-0.39, 0.29) is 12.4 Å². The lowest BCUT2D eigenvalue weighted by atomic mass is 10.1. The number of nitrogens with zero attached hydrogens (tertiary/aromatic N) is 1. The van der Waals surface area contributed by atoms with E-state index in [2.05, 4.69) is 5.10 Å². The van der Waals surface area contributed by atoms with Crippen LogP contribution >= 0.6 is 0 Å². The Bertz CT molecular complexity index is 296. The molecule has 0 aliphatic carbocycles. The Morgan fingerprint density at radius 1 is 1.50 bits per heavy atom. The highest BCUT2D eigenvalue weighted by Gasteiger charge is 1.97. The molecule has 0 aliphatic rings. The molecule has 4 heteroatoms. The second-order valence-corrected chi connectivity index (χ2v) is 2.37. The lowest BCUT2D eigenvalue weighted by Gasteiger charge is -2.00. The lowest BCUT2D eigenvalue weighted by molar-refractivity contribution is 0.282. The second kappa shape index (κ2) is 3.73. The van der Waals surface area contributed by atoms with Crippen LogP contribution in [0.1, 0.15) is 11.1 Å². The minimum atomic E-state index is -0.00824. The molecule has 0 fully saturated rings. The third-order valence-electron chi connectivity index (χ3n) is 1.54. The van der Waals surface area contributed by atoms with Crippen LogP contribution in [-0.4, -0.2) is 10.9 Å². The second-order valence-electron chi connectivity index (χ2n) is 2.37. The number of hydrogen-bond donors (Lipinski definition) is 3. The Hall–Kier alpha value is -1.55. The van der Waals surface area contributed by atoms with E-state index in [1.165, 1.54) is 0 Å². The van der Waals surface area contributed by atoms with Crippen molar-refractivity contribution < 1.29 is 5.11 Å². The summed E-state index contributed by atoms with van der Waals surface area (Å²) >= 11 is 0. The van der Waals surface area contributed by atoms with Crippen molar-refractivity contribution in [3.63, 3.8) is 0 Å². The number of hydrazone groups is 1. The highest BCUT2D eigenvalue weighted by atomic mass is 16.3. The molecule has 0 unspecified atom stereocenters. The van der Waals surface area contributed by atoms with Gasteiger partial charge < -0.3 is 16.7 Å². The number of rotatable bonds is 2. The molecule has 0 saturated carbocycles. The van der Waals surface area contributed by atoms with Crippen molar-refractivity contribution in [1.82, 2.24) is 0 Å². The monoisotopic (exact) mass is 165 g/mol. The quantitative estimate of drug-likeness (QED) is 0.245. The van der Waals surface area contributed by atoms with Gasteiger partial charge in [0.1, 0.15) is 5.84 Å². The van der Waals surface area contributed by atoms with Crippen molar-refractivity contribution in [2.75, 3.05) is 0 Å². The molecule has 5 N–H and O–H groups in total. The molecule has 0 aromatic heterocycles. The number of aliphatic hydroxyl groups is 1. The number of benzene rings is 1. The van der Waals surface area contributed by atoms with E-state index < -0.39 is 0 Å². The fourth-order valence-electron chi connectivity index (χ4n) is 0.904. The zero-order valence-corrected chi connectivity index (χ0v) is 6.57. The number of nitrogens with two attached hydrogens (primary N) is 2. The summed E-state index contributed by atoms with van der Waals surface area (Å²) in [5, 5.41) is 12.2. The van der Waals surface area contributed by atoms with Gasteiger partial charge in [0.15, 0.2) is 0 Å². The minimum absolute atomic E-state index is 0.00824. The summed E-state index contributed by atoms with van der Waals surface area (Å²) in [4.78, 5) is 0. The van der Waals surface area contributed by atoms with Crippen molar-refractivity contribution in [2.45, 2.75) is 6.61 Å². The molecule has 4 nitrogen and oxygen atoms in total. The molecule has 0 bridgehead atoms. The van der Waals surface area contributed by atoms with Gasteiger partial charge in [-0.05, 0) is 11.6 Å². The Labute approximate surface area is 70.5 Å². The van der Waals surface area contributed by atoms with Gasteiger partial charge >= 0.3 is 0 Å². The first-order valence-electron chi connectivity index (χ1n) is 3.51. The Morgan fingerprint density at radius 2 is 2.25 bits per heavy atom. The average molecular weight is 165 g/mol. The molecule has 0 amide bonds. The fraction of sp³-hybridized carbons (Fsp3) is 0.125. The zero-order valence-electron chi connectivity index (χ0n) is 6.57. The smallest absolute Gasteiger partial charge is 0.150 e. The van der Waals surface area contributed by atoms with E-state index in [0.717, 1.165) is 11.1 Å². The van der Waals surface area contributed by atoms with Crippen LogP contribution in [0.4, 0.5) is 0 Å². The summed E-state index contributed by atoms with van der Waals surface area (Å²) in [5.41, 5.74) is 6.98. The van der Waals surface area contributed by atoms with Gasteiger partial charge in [0, 0.05) is 5.56 Å². The van der Waals surface area contributed by atoms with E-state index in [4.69, 9.17) is 16.7 Å². The summed E-state index contributed by atoms with van der Waals surface area (Å²) in [6.07, 6.45) is 0. The molecule has 0 spiro atoms. The van der Waals surface area contributed by atoms with E-state index >= 15 is 0 Å². The SMILES string of the molecule is N/N=C(\N)c1cccc(CO)c1. The predicted molar refractivity (Wildman–Crippen MR) is 47.3 cm³/mol. The molecule has 0 atom stereocenters. The van der Waals surface area contributed by atoms with Crippen molar-refractivity contribution in [1.29, 1.82) is 0 Å². The third-order valence-corrected chi connectivity index (χ3v) is 1.54. The highest BCUT2D eigenvalue weighted by molar-refractivity contribution is 5.97. The van der Waals surface area contributed by atoms with Crippen LogP contribution in [0.25, 0.3) is 0 Å². The summed E-state index contributed by atoms with van der Waals surface area (Å²) in [6, 6.07) is 7.11. The third kappa shape index (κ3) is 1.73. The maximum absolute atomic E-state index is 8.80. The van der Waals surface area contributed by atoms with E-state index in [1.807, 2.05) is 0 Å². The summed E-state index contributed by atoms with van der Waals surface area (Å²) in [7, 11) is 0. The number of aliphatic hydroxyl groups excluding tert-OH is 1. The molecule has 64 valence electrons. The van der Waals surface area contributed by atoms with Gasteiger partial charge in [0.05, 0.1) is 6.61 Å². The molecule has 1 aromatic carbocycles. The molecule has 0 saturated heterocycles. The van der Waals surface area contributed by atoms with Gasteiger partial charge in [-0.1, -0.05) is 18.2 Å². The first-order valence-corrected chi connectivity index (χ1v) is 3.51. The van der Waals surface area contributed by atoms with E-state index in [0.29, 0.717) is 0 Å². The molecule has 12 heavy (non-hydrogen) atoms. The van der Waals surface area contributed by atoms with Crippen LogP contribution in [-0.2, 0) is 6.61 Å². The van der Waals surface area contributed by atoms with E-state index in [1.54, 1.807) is 24.3 Å². The summed E-state index contributed by atoms with van der Waals surface area (Å²) < 4.78 is 0. The van der Waals surface area contributed by atoms with Crippen molar-refractivity contribution >= 4 is 5.84 Å². The van der Waals surface area contributed by atoms with Crippen LogP contribution in [0.2, 0.25) is 0 Å². The predicted octanol–water partition coefficient (Wildman–Crippen LogP) is -0.242. The summed E-state index contributed by atoms with van der Waals surface area (Å²) in [6.45, 7) is -0.00824. The summed E-state index contributed by atoms with van der Waals surface area (Å²) in [5.74, 6) is 5.26. The highest BCUT2D eigenvalue weighted by Crippen LogP contribution is 2.04. The van der Waals surface area contributed by atoms with E-state index in [9.17, 15) is 0 Å². The van der Waals surface area contributed by atoms with Gasteiger partial charge in [-0.15, -0.1) is 0 Å².